The quantitative estimate of drug-likeness (QED) is 0.242. The minimum absolute atomic E-state index is 0.0349. The highest BCUT2D eigenvalue weighted by Gasteiger charge is 2.15. The Bertz CT molecular complexity index is 1100. The molecule has 11 heteroatoms. The van der Waals surface area contributed by atoms with Gasteiger partial charge in [-0.05, 0) is 68.3 Å². The summed E-state index contributed by atoms with van der Waals surface area (Å²) in [6.07, 6.45) is 6.59. The Labute approximate surface area is 230 Å². The number of pyridine rings is 1. The number of nitrogens with zero attached hydrogens (tertiary/aromatic N) is 3. The Morgan fingerprint density at radius 3 is 2.33 bits per heavy atom. The first-order chi connectivity index (χ1) is 18.7. The molecule has 2 fully saturated rings. The second kappa shape index (κ2) is 16.5. The summed E-state index contributed by atoms with van der Waals surface area (Å²) in [5.41, 5.74) is 19.2. The zero-order valence-electron chi connectivity index (χ0n) is 22.9. The summed E-state index contributed by atoms with van der Waals surface area (Å²) in [5, 5.41) is 1.25. The van der Waals surface area contributed by atoms with Crippen LogP contribution in [0.25, 0.3) is 11.1 Å². The van der Waals surface area contributed by atoms with Crippen molar-refractivity contribution in [2.24, 2.45) is 29.0 Å². The predicted molar refractivity (Wildman–Crippen MR) is 154 cm³/mol. The van der Waals surface area contributed by atoms with E-state index in [2.05, 4.69) is 22.2 Å². The van der Waals surface area contributed by atoms with Crippen molar-refractivity contribution in [2.75, 3.05) is 56.0 Å². The van der Waals surface area contributed by atoms with Gasteiger partial charge in [-0.15, -0.1) is 0 Å². The number of rotatable bonds is 6. The molecule has 0 atom stereocenters. The van der Waals surface area contributed by atoms with Crippen LogP contribution in [0, 0.1) is 18.7 Å². The Hall–Kier alpha value is -3.51. The SMILES string of the molecule is C=CN.CC(=O)/C(N)=C/N(N)c1cc(-c2cc(F)cc(N3CCOCC3)c2)cnc1C.NCC1CCOCC1. The van der Waals surface area contributed by atoms with Crippen molar-refractivity contribution in [3.05, 3.63) is 66.6 Å². The highest BCUT2D eigenvalue weighted by Crippen LogP contribution is 2.30. The van der Waals surface area contributed by atoms with Crippen molar-refractivity contribution in [1.29, 1.82) is 0 Å². The van der Waals surface area contributed by atoms with Gasteiger partial charge in [0.2, 0.25) is 0 Å². The summed E-state index contributed by atoms with van der Waals surface area (Å²) >= 11 is 0. The van der Waals surface area contributed by atoms with E-state index in [4.69, 9.17) is 26.8 Å². The third-order valence-corrected chi connectivity index (χ3v) is 6.29. The zero-order valence-corrected chi connectivity index (χ0v) is 22.9. The number of allylic oxidation sites excluding steroid dienone is 1. The molecule has 0 aliphatic carbocycles. The molecular formula is C28H42FN7O3. The molecule has 4 rings (SSSR count). The number of halogens is 1. The Balaban J connectivity index is 0.000000405. The lowest BCUT2D eigenvalue weighted by Gasteiger charge is -2.29. The summed E-state index contributed by atoms with van der Waals surface area (Å²) in [6.45, 7) is 11.6. The summed E-state index contributed by atoms with van der Waals surface area (Å²) < 4.78 is 24.8. The van der Waals surface area contributed by atoms with Crippen molar-refractivity contribution >= 4 is 17.2 Å². The monoisotopic (exact) mass is 543 g/mol. The van der Waals surface area contributed by atoms with Crippen molar-refractivity contribution < 1.29 is 18.7 Å². The molecule has 3 heterocycles. The van der Waals surface area contributed by atoms with Gasteiger partial charge in [0, 0.05) is 56.9 Å². The Morgan fingerprint density at radius 2 is 1.77 bits per heavy atom. The zero-order chi connectivity index (χ0) is 28.8. The number of carbonyl (C=O) groups is 1. The van der Waals surface area contributed by atoms with E-state index >= 15 is 0 Å². The lowest BCUT2D eigenvalue weighted by atomic mass is 10.0. The molecule has 8 N–H and O–H groups in total. The van der Waals surface area contributed by atoms with E-state index in [1.807, 2.05) is 6.07 Å². The first-order valence-corrected chi connectivity index (χ1v) is 12.9. The van der Waals surface area contributed by atoms with E-state index in [9.17, 15) is 9.18 Å². The summed E-state index contributed by atoms with van der Waals surface area (Å²) in [7, 11) is 0. The van der Waals surface area contributed by atoms with Crippen LogP contribution in [0.15, 0.2) is 55.1 Å². The topological polar surface area (TPSA) is 159 Å². The molecule has 214 valence electrons. The van der Waals surface area contributed by atoms with Crippen LogP contribution < -0.4 is 33.0 Å². The van der Waals surface area contributed by atoms with Gasteiger partial charge in [-0.2, -0.15) is 0 Å². The van der Waals surface area contributed by atoms with Crippen LogP contribution >= 0.6 is 0 Å². The predicted octanol–water partition coefficient (Wildman–Crippen LogP) is 2.56. The van der Waals surface area contributed by atoms with E-state index in [-0.39, 0.29) is 17.3 Å². The van der Waals surface area contributed by atoms with Crippen LogP contribution in [0.1, 0.15) is 25.5 Å². The molecule has 10 nitrogen and oxygen atoms in total. The molecule has 1 aromatic heterocycles. The molecule has 0 radical (unpaired) electrons. The number of benzene rings is 1. The van der Waals surface area contributed by atoms with Gasteiger partial charge in [0.15, 0.2) is 5.78 Å². The van der Waals surface area contributed by atoms with Gasteiger partial charge in [0.25, 0.3) is 0 Å². The number of carbonyl (C=O) groups excluding carboxylic acids is 1. The van der Waals surface area contributed by atoms with Crippen LogP contribution in [0.4, 0.5) is 15.8 Å². The molecule has 0 bridgehead atoms. The standard InChI is InChI=1S/C20H24FN5O2.C6H13NO.C2H5N/c1-13-20(26(23)12-19(22)14(2)27)9-16(11-24-13)15-7-17(21)10-18(8-15)25-3-5-28-6-4-25;7-5-6-1-3-8-4-2-6;1-2-3/h7-12H,3-6,22-23H2,1-2H3;6H,1-5,7H2;2H,1,3H2/b19-12-;;. The molecule has 2 aromatic rings. The number of morpholine rings is 1. The molecule has 0 unspecified atom stereocenters. The number of hydrogen-bond donors (Lipinski definition) is 4. The largest absolute Gasteiger partial charge is 0.405 e. The molecular weight excluding hydrogens is 501 g/mol. The maximum absolute atomic E-state index is 14.3. The van der Waals surface area contributed by atoms with Gasteiger partial charge in [-0.25, -0.2) is 10.2 Å². The molecule has 1 aromatic carbocycles. The second-order valence-electron chi connectivity index (χ2n) is 9.20. The van der Waals surface area contributed by atoms with E-state index in [1.54, 1.807) is 19.2 Å². The number of hydrazine groups is 1. The van der Waals surface area contributed by atoms with Gasteiger partial charge >= 0.3 is 0 Å². The van der Waals surface area contributed by atoms with Crippen LogP contribution in [0.5, 0.6) is 0 Å². The molecule has 0 spiro atoms. The van der Waals surface area contributed by atoms with Crippen LogP contribution in [-0.2, 0) is 14.3 Å². The highest BCUT2D eigenvalue weighted by molar-refractivity contribution is 5.92. The number of hydrogen-bond acceptors (Lipinski definition) is 10. The van der Waals surface area contributed by atoms with Gasteiger partial charge in [-0.1, -0.05) is 6.58 Å². The molecule has 0 amide bonds. The van der Waals surface area contributed by atoms with Crippen LogP contribution in [0.2, 0.25) is 0 Å². The molecule has 0 saturated carbocycles. The Kier molecular flexibility index (Phi) is 13.4. The van der Waals surface area contributed by atoms with Crippen LogP contribution in [0.3, 0.4) is 0 Å². The van der Waals surface area contributed by atoms with E-state index < -0.39 is 0 Å². The third kappa shape index (κ3) is 10.3. The van der Waals surface area contributed by atoms with Crippen LogP contribution in [-0.4, -0.2) is 56.8 Å². The fourth-order valence-corrected chi connectivity index (χ4v) is 3.98. The minimum Gasteiger partial charge on any atom is -0.405 e. The molecule has 39 heavy (non-hydrogen) atoms. The maximum Gasteiger partial charge on any atom is 0.176 e. The lowest BCUT2D eigenvalue weighted by Crippen LogP contribution is -2.36. The number of Topliss-reactive ketones (excluding diaryl/α,β-unsaturated/α-hetero) is 1. The maximum atomic E-state index is 14.3. The fourth-order valence-electron chi connectivity index (χ4n) is 3.98. The van der Waals surface area contributed by atoms with E-state index in [0.717, 1.165) is 44.2 Å². The van der Waals surface area contributed by atoms with Gasteiger partial charge in [0.05, 0.1) is 30.3 Å². The number of nitrogens with two attached hydrogens (primary N) is 4. The van der Waals surface area contributed by atoms with Crippen molar-refractivity contribution in [2.45, 2.75) is 26.7 Å². The number of anilines is 2. The first-order valence-electron chi connectivity index (χ1n) is 12.9. The minimum atomic E-state index is -0.327. The molecule has 2 saturated heterocycles. The van der Waals surface area contributed by atoms with Gasteiger partial charge in [0.1, 0.15) is 5.82 Å². The first kappa shape index (κ1) is 31.7. The summed E-state index contributed by atoms with van der Waals surface area (Å²) in [4.78, 5) is 17.8. The number of ether oxygens (including phenoxy) is 2. The summed E-state index contributed by atoms with van der Waals surface area (Å²) in [5.74, 6) is 6.18. The molecule has 2 aliphatic heterocycles. The lowest BCUT2D eigenvalue weighted by molar-refractivity contribution is -0.113. The van der Waals surface area contributed by atoms with E-state index in [0.29, 0.717) is 48.8 Å². The van der Waals surface area contributed by atoms with E-state index in [1.165, 1.54) is 36.5 Å². The normalized spacial score (nSPS) is 15.8. The third-order valence-electron chi connectivity index (χ3n) is 6.29. The number of aryl methyl sites for hydroxylation is 1. The second-order valence-corrected chi connectivity index (χ2v) is 9.20. The Morgan fingerprint density at radius 1 is 1.15 bits per heavy atom. The average molecular weight is 544 g/mol. The smallest absolute Gasteiger partial charge is 0.176 e. The highest BCUT2D eigenvalue weighted by atomic mass is 19.1. The van der Waals surface area contributed by atoms with Gasteiger partial charge in [-0.3, -0.25) is 14.8 Å². The number of aromatic nitrogens is 1. The fraction of sp³-hybridized carbons (Fsp3) is 0.429. The van der Waals surface area contributed by atoms with Gasteiger partial charge < -0.3 is 31.6 Å². The molecule has 2 aliphatic rings. The van der Waals surface area contributed by atoms with Crippen molar-refractivity contribution in [3.8, 4) is 11.1 Å². The van der Waals surface area contributed by atoms with Crippen molar-refractivity contribution in [3.63, 3.8) is 0 Å². The average Bonchev–Trinajstić information content (AvgIpc) is 2.94. The summed E-state index contributed by atoms with van der Waals surface area (Å²) in [6, 6.07) is 6.69. The number of ketones is 1. The van der Waals surface area contributed by atoms with Crippen molar-refractivity contribution in [1.82, 2.24) is 4.98 Å².